The first-order chi connectivity index (χ1) is 14.0. The highest BCUT2D eigenvalue weighted by Gasteiger charge is 2.11. The second-order valence-corrected chi connectivity index (χ2v) is 8.28. The molecule has 0 aliphatic carbocycles. The van der Waals surface area contributed by atoms with E-state index in [1.807, 2.05) is 60.7 Å². The summed E-state index contributed by atoms with van der Waals surface area (Å²) in [5.74, 6) is 0.773. The second kappa shape index (κ2) is 8.31. The van der Waals surface area contributed by atoms with Crippen LogP contribution in [0.2, 0.25) is 5.02 Å². The summed E-state index contributed by atoms with van der Waals surface area (Å²) in [5.41, 5.74) is 5.46. The monoisotopic (exact) mass is 422 g/mol. The van der Waals surface area contributed by atoms with Crippen LogP contribution in [0.15, 0.2) is 70.0 Å². The molecule has 146 valence electrons. The highest BCUT2D eigenvalue weighted by atomic mass is 35.5. The maximum absolute atomic E-state index is 12.3. The third kappa shape index (κ3) is 4.63. The van der Waals surface area contributed by atoms with Crippen molar-refractivity contribution in [3.63, 3.8) is 0 Å². The van der Waals surface area contributed by atoms with Gasteiger partial charge in [0.25, 0.3) is 0 Å². The molecule has 0 unspecified atom stereocenters. The molecule has 0 spiro atoms. The third-order valence-electron chi connectivity index (χ3n) is 4.58. The third-order valence-corrected chi connectivity index (χ3v) is 5.84. The number of amides is 1. The molecule has 4 rings (SSSR count). The highest BCUT2D eigenvalue weighted by Crippen LogP contribution is 2.28. The number of aryl methyl sites for hydroxylation is 2. The van der Waals surface area contributed by atoms with Crippen molar-refractivity contribution in [3.05, 3.63) is 76.8 Å². The molecule has 1 aromatic heterocycles. The summed E-state index contributed by atoms with van der Waals surface area (Å²) in [6.07, 6.45) is 0. The minimum Gasteiger partial charge on any atom is -0.436 e. The molecule has 0 aliphatic rings. The van der Waals surface area contributed by atoms with Gasteiger partial charge in [0.2, 0.25) is 11.8 Å². The molecule has 1 heterocycles. The highest BCUT2D eigenvalue weighted by molar-refractivity contribution is 8.00. The van der Waals surface area contributed by atoms with E-state index >= 15 is 0 Å². The number of nitrogens with zero attached hydrogens (tertiary/aromatic N) is 1. The van der Waals surface area contributed by atoms with E-state index in [0.717, 1.165) is 21.6 Å². The van der Waals surface area contributed by atoms with E-state index in [9.17, 15) is 4.79 Å². The number of thioether (sulfide) groups is 1. The molecule has 1 N–H and O–H groups in total. The molecule has 4 nitrogen and oxygen atoms in total. The Kier molecular flexibility index (Phi) is 5.60. The standard InChI is InChI=1S/C23H19ClN2O2S/c1-14-10-20-21(11-15(14)2)28-23(26-20)16-4-3-5-18(12-16)25-22(27)13-29-19-8-6-17(24)7-9-19/h3-12H,13H2,1-2H3,(H,25,27). The van der Waals surface area contributed by atoms with Crippen molar-refractivity contribution in [2.75, 3.05) is 11.1 Å². The summed E-state index contributed by atoms with van der Waals surface area (Å²) >= 11 is 7.35. The van der Waals surface area contributed by atoms with Gasteiger partial charge in [-0.3, -0.25) is 4.79 Å². The molecular weight excluding hydrogens is 404 g/mol. The second-order valence-electron chi connectivity index (χ2n) is 6.79. The van der Waals surface area contributed by atoms with E-state index in [0.29, 0.717) is 22.4 Å². The number of carbonyl (C=O) groups is 1. The number of carbonyl (C=O) groups excluding carboxylic acids is 1. The fourth-order valence-corrected chi connectivity index (χ4v) is 3.73. The van der Waals surface area contributed by atoms with Gasteiger partial charge in [0.15, 0.2) is 5.58 Å². The number of nitrogens with one attached hydrogen (secondary N) is 1. The van der Waals surface area contributed by atoms with Crippen LogP contribution in [0.1, 0.15) is 11.1 Å². The number of benzene rings is 3. The molecule has 0 atom stereocenters. The lowest BCUT2D eigenvalue weighted by Crippen LogP contribution is -2.13. The van der Waals surface area contributed by atoms with Crippen LogP contribution in [0.4, 0.5) is 5.69 Å². The van der Waals surface area contributed by atoms with Crippen molar-refractivity contribution in [2.24, 2.45) is 0 Å². The molecule has 4 aromatic rings. The van der Waals surface area contributed by atoms with Crippen molar-refractivity contribution in [1.29, 1.82) is 0 Å². The zero-order valence-electron chi connectivity index (χ0n) is 16.0. The number of hydrogen-bond acceptors (Lipinski definition) is 4. The Labute approximate surface area is 178 Å². The number of aromatic nitrogens is 1. The molecule has 29 heavy (non-hydrogen) atoms. The molecule has 6 heteroatoms. The summed E-state index contributed by atoms with van der Waals surface area (Å²) in [4.78, 5) is 17.9. The molecule has 0 aliphatic heterocycles. The van der Waals surface area contributed by atoms with Crippen LogP contribution in [0.5, 0.6) is 0 Å². The Morgan fingerprint density at radius 1 is 1.07 bits per heavy atom. The van der Waals surface area contributed by atoms with Gasteiger partial charge in [-0.25, -0.2) is 4.98 Å². The minimum atomic E-state index is -0.0779. The van der Waals surface area contributed by atoms with Crippen LogP contribution in [-0.2, 0) is 4.79 Å². The first-order valence-electron chi connectivity index (χ1n) is 9.14. The van der Waals surface area contributed by atoms with E-state index in [4.69, 9.17) is 16.0 Å². The first kappa shape index (κ1) is 19.6. The van der Waals surface area contributed by atoms with Gasteiger partial charge in [0, 0.05) is 21.2 Å². The first-order valence-corrected chi connectivity index (χ1v) is 10.5. The number of rotatable bonds is 5. The molecule has 0 saturated heterocycles. The number of oxazole rings is 1. The van der Waals surface area contributed by atoms with Crippen molar-refractivity contribution >= 4 is 46.1 Å². The largest absolute Gasteiger partial charge is 0.436 e. The molecule has 0 bridgehead atoms. The molecular formula is C23H19ClN2O2S. The maximum atomic E-state index is 12.3. The average Bonchev–Trinajstić information content (AvgIpc) is 3.11. The number of halogens is 1. The number of hydrogen-bond donors (Lipinski definition) is 1. The zero-order chi connectivity index (χ0) is 20.4. The summed E-state index contributed by atoms with van der Waals surface area (Å²) in [7, 11) is 0. The van der Waals surface area contributed by atoms with Crippen LogP contribution in [0, 0.1) is 13.8 Å². The van der Waals surface area contributed by atoms with Crippen molar-refractivity contribution in [2.45, 2.75) is 18.7 Å². The topological polar surface area (TPSA) is 55.1 Å². The van der Waals surface area contributed by atoms with Gasteiger partial charge >= 0.3 is 0 Å². The zero-order valence-corrected chi connectivity index (χ0v) is 17.6. The van der Waals surface area contributed by atoms with Gasteiger partial charge in [-0.1, -0.05) is 17.7 Å². The summed E-state index contributed by atoms with van der Waals surface area (Å²) in [6, 6.07) is 19.0. The van der Waals surface area contributed by atoms with Gasteiger partial charge in [-0.15, -0.1) is 11.8 Å². The van der Waals surface area contributed by atoms with Crippen LogP contribution in [0.25, 0.3) is 22.6 Å². The molecule has 0 fully saturated rings. The quantitative estimate of drug-likeness (QED) is 0.373. The van der Waals surface area contributed by atoms with E-state index in [1.54, 1.807) is 0 Å². The average molecular weight is 423 g/mol. The Morgan fingerprint density at radius 2 is 1.83 bits per heavy atom. The van der Waals surface area contributed by atoms with E-state index in [2.05, 4.69) is 24.1 Å². The number of fused-ring (bicyclic) bond motifs is 1. The van der Waals surface area contributed by atoms with Crippen molar-refractivity contribution in [1.82, 2.24) is 4.98 Å². The normalized spacial score (nSPS) is 11.0. The smallest absolute Gasteiger partial charge is 0.234 e. The molecule has 1 amide bonds. The Morgan fingerprint density at radius 3 is 2.62 bits per heavy atom. The minimum absolute atomic E-state index is 0.0779. The summed E-state index contributed by atoms with van der Waals surface area (Å²) in [5, 5.41) is 3.61. The number of anilines is 1. The van der Waals surface area contributed by atoms with Crippen molar-refractivity contribution < 1.29 is 9.21 Å². The SMILES string of the molecule is Cc1cc2nc(-c3cccc(NC(=O)CSc4ccc(Cl)cc4)c3)oc2cc1C. The van der Waals surface area contributed by atoms with Gasteiger partial charge < -0.3 is 9.73 Å². The van der Waals surface area contributed by atoms with Gasteiger partial charge in [-0.05, 0) is 79.6 Å². The lowest BCUT2D eigenvalue weighted by atomic mass is 10.1. The fraction of sp³-hybridized carbons (Fsp3) is 0.130. The molecule has 0 saturated carbocycles. The Balaban J connectivity index is 1.47. The van der Waals surface area contributed by atoms with Gasteiger partial charge in [0.05, 0.1) is 5.75 Å². The van der Waals surface area contributed by atoms with Crippen LogP contribution < -0.4 is 5.32 Å². The van der Waals surface area contributed by atoms with Crippen molar-refractivity contribution in [3.8, 4) is 11.5 Å². The van der Waals surface area contributed by atoms with Gasteiger partial charge in [-0.2, -0.15) is 0 Å². The van der Waals surface area contributed by atoms with Crippen LogP contribution >= 0.6 is 23.4 Å². The van der Waals surface area contributed by atoms with E-state index < -0.39 is 0 Å². The molecule has 3 aromatic carbocycles. The van der Waals surface area contributed by atoms with Crippen LogP contribution in [0.3, 0.4) is 0 Å². The van der Waals surface area contributed by atoms with E-state index in [1.165, 1.54) is 22.9 Å². The summed E-state index contributed by atoms with van der Waals surface area (Å²) < 4.78 is 5.93. The summed E-state index contributed by atoms with van der Waals surface area (Å²) in [6.45, 7) is 4.11. The fourth-order valence-electron chi connectivity index (χ4n) is 2.91. The molecule has 0 radical (unpaired) electrons. The van der Waals surface area contributed by atoms with Crippen LogP contribution in [-0.4, -0.2) is 16.6 Å². The predicted octanol–water partition coefficient (Wildman–Crippen LogP) is 6.50. The van der Waals surface area contributed by atoms with Gasteiger partial charge in [0.1, 0.15) is 5.52 Å². The maximum Gasteiger partial charge on any atom is 0.234 e. The predicted molar refractivity (Wildman–Crippen MR) is 120 cm³/mol. The lowest BCUT2D eigenvalue weighted by Gasteiger charge is -2.06. The Bertz CT molecular complexity index is 1150. The van der Waals surface area contributed by atoms with E-state index in [-0.39, 0.29) is 5.91 Å². The lowest BCUT2D eigenvalue weighted by molar-refractivity contribution is -0.113. The Hall–Kier alpha value is -2.76.